The van der Waals surface area contributed by atoms with Gasteiger partial charge in [-0.1, -0.05) is 49.0 Å². The van der Waals surface area contributed by atoms with Crippen LogP contribution in [-0.4, -0.2) is 5.97 Å². The van der Waals surface area contributed by atoms with Crippen molar-refractivity contribution in [2.75, 3.05) is 0 Å². The molecule has 0 radical (unpaired) electrons. The van der Waals surface area contributed by atoms with E-state index in [9.17, 15) is 4.79 Å². The maximum atomic E-state index is 11.2. The molecule has 3 nitrogen and oxygen atoms in total. The minimum Gasteiger partial charge on any atom is -0.287 e. The molecule has 0 N–H and O–H groups in total. The van der Waals surface area contributed by atoms with E-state index in [4.69, 9.17) is 4.89 Å². The highest BCUT2D eigenvalue weighted by molar-refractivity contribution is 5.86. The molecule has 0 aliphatic heterocycles. The summed E-state index contributed by atoms with van der Waals surface area (Å²) in [6.07, 6.45) is 0. The SMILES string of the molecule is C=C(C)C(=O)OOc1ccc(-c2ccccc2)cc1. The third-order valence-electron chi connectivity index (χ3n) is 2.52. The van der Waals surface area contributed by atoms with Crippen molar-refractivity contribution < 1.29 is 14.6 Å². The zero-order valence-corrected chi connectivity index (χ0v) is 10.6. The van der Waals surface area contributed by atoms with E-state index in [0.717, 1.165) is 11.1 Å². The van der Waals surface area contributed by atoms with Gasteiger partial charge in [0.1, 0.15) is 0 Å². The second-order valence-corrected chi connectivity index (χ2v) is 4.12. The highest BCUT2D eigenvalue weighted by atomic mass is 17.2. The van der Waals surface area contributed by atoms with Gasteiger partial charge in [-0.15, -0.1) is 0 Å². The number of carbonyl (C=O) groups excluding carboxylic acids is 1. The Morgan fingerprint density at radius 1 is 0.947 bits per heavy atom. The van der Waals surface area contributed by atoms with Gasteiger partial charge < -0.3 is 0 Å². The monoisotopic (exact) mass is 254 g/mol. The minimum absolute atomic E-state index is 0.293. The molecule has 0 aliphatic rings. The molecule has 2 aromatic carbocycles. The van der Waals surface area contributed by atoms with Crippen LogP contribution < -0.4 is 4.89 Å². The van der Waals surface area contributed by atoms with Gasteiger partial charge in [0.15, 0.2) is 5.75 Å². The molecule has 2 aromatic rings. The molecular weight excluding hydrogens is 240 g/mol. The molecule has 2 rings (SSSR count). The molecule has 0 fully saturated rings. The van der Waals surface area contributed by atoms with Crippen molar-refractivity contribution in [3.8, 4) is 16.9 Å². The molecule has 3 heteroatoms. The third kappa shape index (κ3) is 3.45. The lowest BCUT2D eigenvalue weighted by atomic mass is 10.1. The highest BCUT2D eigenvalue weighted by Gasteiger charge is 2.05. The van der Waals surface area contributed by atoms with E-state index in [1.54, 1.807) is 19.1 Å². The summed E-state index contributed by atoms with van der Waals surface area (Å²) >= 11 is 0. The molecule has 0 atom stereocenters. The van der Waals surface area contributed by atoms with Crippen LogP contribution in [-0.2, 0) is 9.68 Å². The maximum absolute atomic E-state index is 11.2. The standard InChI is InChI=1S/C16H14O3/c1-12(2)16(17)19-18-15-10-8-14(9-11-15)13-6-4-3-5-7-13/h3-11H,1H2,2H3. The first-order valence-corrected chi connectivity index (χ1v) is 5.86. The second-order valence-electron chi connectivity index (χ2n) is 4.12. The van der Waals surface area contributed by atoms with E-state index < -0.39 is 5.97 Å². The molecule has 0 unspecified atom stereocenters. The lowest BCUT2D eigenvalue weighted by Crippen LogP contribution is -2.08. The first kappa shape index (κ1) is 12.9. The van der Waals surface area contributed by atoms with Gasteiger partial charge in [-0.25, -0.2) is 9.68 Å². The van der Waals surface area contributed by atoms with Crippen LogP contribution in [0.1, 0.15) is 6.92 Å². The van der Waals surface area contributed by atoms with Gasteiger partial charge in [-0.05, 0) is 30.2 Å². The van der Waals surface area contributed by atoms with Gasteiger partial charge in [-0.3, -0.25) is 4.89 Å². The van der Waals surface area contributed by atoms with E-state index in [0.29, 0.717) is 11.3 Å². The molecule has 0 bridgehead atoms. The van der Waals surface area contributed by atoms with Crippen LogP contribution in [0, 0.1) is 0 Å². The average Bonchev–Trinajstić information content (AvgIpc) is 2.46. The van der Waals surface area contributed by atoms with Crippen molar-refractivity contribution in [1.82, 2.24) is 0 Å². The Labute approximate surface area is 112 Å². The van der Waals surface area contributed by atoms with E-state index in [1.165, 1.54) is 0 Å². The van der Waals surface area contributed by atoms with E-state index in [2.05, 4.69) is 11.5 Å². The van der Waals surface area contributed by atoms with Crippen molar-refractivity contribution >= 4 is 5.97 Å². The Morgan fingerprint density at radius 2 is 1.53 bits per heavy atom. The van der Waals surface area contributed by atoms with E-state index in [-0.39, 0.29) is 0 Å². The lowest BCUT2D eigenvalue weighted by Gasteiger charge is -2.05. The van der Waals surface area contributed by atoms with Crippen molar-refractivity contribution in [3.63, 3.8) is 0 Å². The van der Waals surface area contributed by atoms with Crippen LogP contribution in [0.15, 0.2) is 66.7 Å². The number of carbonyl (C=O) groups is 1. The Hall–Kier alpha value is -2.55. The zero-order chi connectivity index (χ0) is 13.7. The molecule has 0 spiro atoms. The van der Waals surface area contributed by atoms with Gasteiger partial charge >= 0.3 is 5.97 Å². The molecule has 0 amide bonds. The summed E-state index contributed by atoms with van der Waals surface area (Å²) in [5.41, 5.74) is 2.48. The number of rotatable bonds is 4. The van der Waals surface area contributed by atoms with E-state index >= 15 is 0 Å². The Kier molecular flexibility index (Phi) is 3.98. The van der Waals surface area contributed by atoms with Crippen LogP contribution in [0.4, 0.5) is 0 Å². The lowest BCUT2D eigenvalue weighted by molar-refractivity contribution is -0.208. The van der Waals surface area contributed by atoms with Crippen molar-refractivity contribution in [2.45, 2.75) is 6.92 Å². The third-order valence-corrected chi connectivity index (χ3v) is 2.52. The quantitative estimate of drug-likeness (QED) is 0.473. The highest BCUT2D eigenvalue weighted by Crippen LogP contribution is 2.22. The van der Waals surface area contributed by atoms with Crippen LogP contribution in [0.5, 0.6) is 5.75 Å². The van der Waals surface area contributed by atoms with Crippen molar-refractivity contribution in [3.05, 3.63) is 66.7 Å². The summed E-state index contributed by atoms with van der Waals surface area (Å²) < 4.78 is 0. The first-order chi connectivity index (χ1) is 9.16. The maximum Gasteiger partial charge on any atom is 0.381 e. The molecule has 0 heterocycles. The predicted octanol–water partition coefficient (Wildman–Crippen LogP) is 3.77. The molecule has 0 saturated heterocycles. The van der Waals surface area contributed by atoms with Gasteiger partial charge in [0, 0.05) is 5.57 Å². The first-order valence-electron chi connectivity index (χ1n) is 5.86. The van der Waals surface area contributed by atoms with Gasteiger partial charge in [0.25, 0.3) is 0 Å². The normalized spacial score (nSPS) is 9.74. The van der Waals surface area contributed by atoms with Gasteiger partial charge in [0.05, 0.1) is 0 Å². The summed E-state index contributed by atoms with van der Waals surface area (Å²) in [4.78, 5) is 20.7. The summed E-state index contributed by atoms with van der Waals surface area (Å²) in [7, 11) is 0. The molecule has 0 saturated carbocycles. The topological polar surface area (TPSA) is 35.5 Å². The van der Waals surface area contributed by atoms with Gasteiger partial charge in [0.2, 0.25) is 0 Å². The fraction of sp³-hybridized carbons (Fsp3) is 0.0625. The fourth-order valence-corrected chi connectivity index (χ4v) is 1.49. The predicted molar refractivity (Wildman–Crippen MR) is 73.4 cm³/mol. The summed E-state index contributed by atoms with van der Waals surface area (Å²) in [5.74, 6) is -0.110. The Morgan fingerprint density at radius 3 is 2.11 bits per heavy atom. The number of benzene rings is 2. The van der Waals surface area contributed by atoms with Crippen LogP contribution >= 0.6 is 0 Å². The number of hydrogen-bond donors (Lipinski definition) is 0. The number of hydrogen-bond acceptors (Lipinski definition) is 3. The van der Waals surface area contributed by atoms with E-state index in [1.807, 2.05) is 42.5 Å². The zero-order valence-electron chi connectivity index (χ0n) is 10.6. The molecule has 19 heavy (non-hydrogen) atoms. The minimum atomic E-state index is -0.577. The van der Waals surface area contributed by atoms with Crippen LogP contribution in [0.2, 0.25) is 0 Å². The molecule has 96 valence electrons. The van der Waals surface area contributed by atoms with Crippen LogP contribution in [0.3, 0.4) is 0 Å². The molecule has 0 aromatic heterocycles. The van der Waals surface area contributed by atoms with Crippen molar-refractivity contribution in [2.24, 2.45) is 0 Å². The summed E-state index contributed by atoms with van der Waals surface area (Å²) in [6.45, 7) is 5.03. The van der Waals surface area contributed by atoms with Crippen molar-refractivity contribution in [1.29, 1.82) is 0 Å². The summed E-state index contributed by atoms with van der Waals surface area (Å²) in [5, 5.41) is 0. The summed E-state index contributed by atoms with van der Waals surface area (Å²) in [6, 6.07) is 17.3. The van der Waals surface area contributed by atoms with Gasteiger partial charge in [-0.2, -0.15) is 0 Å². The average molecular weight is 254 g/mol. The molecule has 0 aliphatic carbocycles. The van der Waals surface area contributed by atoms with Crippen LogP contribution in [0.25, 0.3) is 11.1 Å². The Bertz CT molecular complexity index is 571. The fourth-order valence-electron chi connectivity index (χ4n) is 1.49. The Balaban J connectivity index is 2.03. The smallest absolute Gasteiger partial charge is 0.287 e. The largest absolute Gasteiger partial charge is 0.381 e. The molecular formula is C16H14O3. The second kappa shape index (κ2) is 5.87.